The third-order valence-corrected chi connectivity index (χ3v) is 19.1. The molecule has 3 atom stereocenters. The number of amides is 5. The number of hydrogen-bond donors (Lipinski definition) is 2. The van der Waals surface area contributed by atoms with Crippen LogP contribution in [0.1, 0.15) is 134 Å². The normalized spacial score (nSPS) is 28.0. The molecule has 8 fully saturated rings. The highest BCUT2D eigenvalue weighted by molar-refractivity contribution is 6.09. The summed E-state index contributed by atoms with van der Waals surface area (Å²) in [5.41, 5.74) is 5.36. The third-order valence-electron chi connectivity index (χ3n) is 19.1. The predicted octanol–water partition coefficient (Wildman–Crippen LogP) is 6.32. The lowest BCUT2D eigenvalue weighted by molar-refractivity contribution is -0.150. The lowest BCUT2D eigenvalue weighted by Crippen LogP contribution is -2.62. The number of imide groups is 1. The number of carbonyl (C=O) groups excluding carboxylic acids is 5. The van der Waals surface area contributed by atoms with Crippen molar-refractivity contribution in [1.82, 2.24) is 39.5 Å². The van der Waals surface area contributed by atoms with Gasteiger partial charge >= 0.3 is 0 Å². The minimum atomic E-state index is -0.707. The van der Waals surface area contributed by atoms with Gasteiger partial charge in [-0.25, -0.2) is 15.0 Å². The summed E-state index contributed by atoms with van der Waals surface area (Å²) in [5.74, 6) is 1.24. The maximum atomic E-state index is 15.4. The van der Waals surface area contributed by atoms with E-state index in [-0.39, 0.29) is 53.5 Å². The molecule has 0 radical (unpaired) electrons. The van der Waals surface area contributed by atoms with Crippen molar-refractivity contribution < 1.29 is 28.7 Å². The first-order valence-corrected chi connectivity index (χ1v) is 27.9. The number of rotatable bonds is 10. The number of hydrogen-bond acceptors (Lipinski definition) is 12. The van der Waals surface area contributed by atoms with Crippen LogP contribution >= 0.6 is 0 Å². The van der Waals surface area contributed by atoms with Gasteiger partial charge in [0.15, 0.2) is 5.82 Å². The van der Waals surface area contributed by atoms with Crippen molar-refractivity contribution in [2.45, 2.75) is 158 Å². The lowest BCUT2D eigenvalue weighted by Gasteiger charge is -2.50. The van der Waals surface area contributed by atoms with Gasteiger partial charge in [-0.2, -0.15) is 0 Å². The van der Waals surface area contributed by atoms with Crippen molar-refractivity contribution in [2.24, 2.45) is 11.3 Å². The molecule has 5 amide bonds. The molecule has 17 nitrogen and oxygen atoms in total. The highest BCUT2D eigenvalue weighted by atomic mass is 16.5. The SMILES string of the molecule is CC(C)n1cnc2cc(-c3ccc4c(c3)N([C@H]3C[C@@H](N5C6CCC5COC6)C3)C(=O)C43CCN(C(=O)C4(C)CCN(C(=O)C5CCN(c6ccc(C7CCC(=O)NC7=O)cn6)CC5)CC4)CC3)nc(NC3CC3)c21. The first-order valence-electron chi connectivity index (χ1n) is 27.9. The van der Waals surface area contributed by atoms with Crippen LogP contribution in [-0.2, 0) is 34.1 Å². The van der Waals surface area contributed by atoms with E-state index in [0.29, 0.717) is 102 Å². The van der Waals surface area contributed by atoms with E-state index < -0.39 is 10.8 Å². The molecule has 9 aliphatic rings. The van der Waals surface area contributed by atoms with E-state index in [2.05, 4.69) is 79.9 Å². The van der Waals surface area contributed by atoms with E-state index >= 15 is 4.79 Å². The van der Waals surface area contributed by atoms with Crippen LogP contribution in [0.5, 0.6) is 0 Å². The smallest absolute Gasteiger partial charge is 0.238 e. The van der Waals surface area contributed by atoms with E-state index in [1.165, 1.54) is 12.8 Å². The monoisotopic (exact) mass is 1010 g/mol. The highest BCUT2D eigenvalue weighted by Crippen LogP contribution is 2.53. The summed E-state index contributed by atoms with van der Waals surface area (Å²) in [6.45, 7) is 11.6. The molecule has 2 saturated carbocycles. The Balaban J connectivity index is 0.676. The Morgan fingerprint density at radius 1 is 0.797 bits per heavy atom. The number of carbonyl (C=O) groups is 5. The summed E-state index contributed by atoms with van der Waals surface area (Å²) in [6.07, 6.45) is 14.9. The quantitative estimate of drug-likeness (QED) is 0.170. The molecule has 13 rings (SSSR count). The van der Waals surface area contributed by atoms with E-state index in [0.717, 1.165) is 102 Å². The van der Waals surface area contributed by atoms with Gasteiger partial charge in [0.25, 0.3) is 0 Å². The molecule has 3 aromatic heterocycles. The number of nitrogens with one attached hydrogen (secondary N) is 2. The van der Waals surface area contributed by atoms with Crippen LogP contribution in [-0.4, -0.2) is 146 Å². The molecule has 17 heteroatoms. The second-order valence-electron chi connectivity index (χ2n) is 23.9. The summed E-state index contributed by atoms with van der Waals surface area (Å²) in [5, 5.41) is 6.14. The maximum Gasteiger partial charge on any atom is 0.238 e. The van der Waals surface area contributed by atoms with E-state index in [4.69, 9.17) is 14.7 Å². The minimum absolute atomic E-state index is 0.0774. The number of morpholine rings is 1. The van der Waals surface area contributed by atoms with E-state index in [1.807, 2.05) is 28.3 Å². The van der Waals surface area contributed by atoms with Gasteiger partial charge in [-0.15, -0.1) is 0 Å². The molecule has 2 N–H and O–H groups in total. The lowest BCUT2D eigenvalue weighted by atomic mass is 9.72. The Bertz CT molecular complexity index is 2870. The Hall–Kier alpha value is -5.94. The van der Waals surface area contributed by atoms with E-state index in [1.54, 1.807) is 6.20 Å². The van der Waals surface area contributed by atoms with Crippen molar-refractivity contribution in [3.8, 4) is 11.3 Å². The summed E-state index contributed by atoms with van der Waals surface area (Å²) < 4.78 is 8.15. The fourth-order valence-electron chi connectivity index (χ4n) is 14.3. The number of imidazole rings is 1. The molecule has 2 bridgehead atoms. The molecule has 2 aliphatic carbocycles. The van der Waals surface area contributed by atoms with Crippen molar-refractivity contribution in [3.63, 3.8) is 0 Å². The molecule has 4 aromatic rings. The van der Waals surface area contributed by atoms with Crippen molar-refractivity contribution >= 4 is 57.9 Å². The fourth-order valence-corrected chi connectivity index (χ4v) is 14.3. The molecule has 7 aliphatic heterocycles. The number of pyridine rings is 2. The highest BCUT2D eigenvalue weighted by Gasteiger charge is 2.58. The molecule has 6 saturated heterocycles. The van der Waals surface area contributed by atoms with Crippen LogP contribution in [0.4, 0.5) is 17.3 Å². The first kappa shape index (κ1) is 47.8. The molecule has 10 heterocycles. The zero-order chi connectivity index (χ0) is 50.6. The minimum Gasteiger partial charge on any atom is -0.378 e. The third kappa shape index (κ3) is 8.16. The molecule has 74 heavy (non-hydrogen) atoms. The van der Waals surface area contributed by atoms with Crippen LogP contribution in [0, 0.1) is 11.3 Å². The number of fused-ring (bicyclic) bond motifs is 5. The van der Waals surface area contributed by atoms with Gasteiger partial charge < -0.3 is 34.2 Å². The fraction of sp³-hybridized carbons (Fsp3) is 0.614. The van der Waals surface area contributed by atoms with Gasteiger partial charge in [0, 0.05) is 111 Å². The predicted molar refractivity (Wildman–Crippen MR) is 279 cm³/mol. The van der Waals surface area contributed by atoms with Crippen LogP contribution in [0.15, 0.2) is 48.9 Å². The van der Waals surface area contributed by atoms with Gasteiger partial charge in [-0.1, -0.05) is 25.1 Å². The van der Waals surface area contributed by atoms with Gasteiger partial charge in [-0.3, -0.25) is 34.2 Å². The zero-order valence-corrected chi connectivity index (χ0v) is 43.3. The largest absolute Gasteiger partial charge is 0.378 e. The Morgan fingerprint density at radius 3 is 2.20 bits per heavy atom. The van der Waals surface area contributed by atoms with Crippen molar-refractivity contribution in [2.75, 3.05) is 67.6 Å². The zero-order valence-electron chi connectivity index (χ0n) is 43.3. The topological polar surface area (TPSA) is 178 Å². The van der Waals surface area contributed by atoms with Crippen LogP contribution < -0.4 is 20.4 Å². The Morgan fingerprint density at radius 2 is 1.53 bits per heavy atom. The second-order valence-corrected chi connectivity index (χ2v) is 23.9. The average molecular weight is 1010 g/mol. The number of piperidine rings is 4. The standard InChI is InChI=1S/C57H71N11O6/c1-34(2)66-33-59-46-29-45(61-51(50(46)66)60-38-6-7-38)36-4-11-44-47(26-36)68(42-27-41(28-42)67-39-8-9-40(67)32-74-31-39)55(73)57(44)18-24-65(25-19-57)54(72)56(3)16-22-64(23-17-56)53(71)35-14-20-63(21-15-35)48-12-5-37(30-58-48)43-10-13-49(69)62-52(43)70/h4-5,11-12,26,29-30,33-35,38-43H,6-10,13-25,27-28,31-32H2,1-3H3,(H,60,61)(H,62,69,70)/t39?,40?,41-,42+,43?. The van der Waals surface area contributed by atoms with Crippen molar-refractivity contribution in [1.29, 1.82) is 0 Å². The summed E-state index contributed by atoms with van der Waals surface area (Å²) >= 11 is 0. The second kappa shape index (κ2) is 18.4. The number of likely N-dealkylation sites (tertiary alicyclic amines) is 2. The van der Waals surface area contributed by atoms with Crippen LogP contribution in [0.2, 0.25) is 0 Å². The summed E-state index contributed by atoms with van der Waals surface area (Å²) in [4.78, 5) is 94.0. The van der Waals surface area contributed by atoms with Gasteiger partial charge in [0.05, 0.1) is 42.1 Å². The Kier molecular flexibility index (Phi) is 11.9. The number of benzene rings is 1. The number of aromatic nitrogens is 4. The Labute approximate surface area is 433 Å². The van der Waals surface area contributed by atoms with Gasteiger partial charge in [0.1, 0.15) is 11.3 Å². The molecular weight excluding hydrogens is 935 g/mol. The van der Waals surface area contributed by atoms with Gasteiger partial charge in [-0.05, 0) is 127 Å². The van der Waals surface area contributed by atoms with Crippen LogP contribution in [0.25, 0.3) is 22.3 Å². The molecule has 390 valence electrons. The summed E-state index contributed by atoms with van der Waals surface area (Å²) in [7, 11) is 0. The van der Waals surface area contributed by atoms with Crippen molar-refractivity contribution in [3.05, 3.63) is 60.0 Å². The number of ether oxygens (including phenoxy) is 1. The average Bonchev–Trinajstić information content (AvgIpc) is 4.01. The molecule has 1 aromatic carbocycles. The number of anilines is 3. The van der Waals surface area contributed by atoms with Crippen LogP contribution in [0.3, 0.4) is 0 Å². The summed E-state index contributed by atoms with van der Waals surface area (Å²) in [6, 6.07) is 14.7. The first-order chi connectivity index (χ1) is 35.8. The van der Waals surface area contributed by atoms with Gasteiger partial charge in [0.2, 0.25) is 29.5 Å². The van der Waals surface area contributed by atoms with E-state index in [9.17, 15) is 19.2 Å². The molecular formula is C57H71N11O6. The maximum absolute atomic E-state index is 15.4. The molecule has 1 spiro atoms. The number of nitrogens with zero attached hydrogens (tertiary/aromatic N) is 9. The molecule has 3 unspecified atom stereocenters.